The molecule has 0 saturated carbocycles. The zero-order chi connectivity index (χ0) is 15.4. The number of ether oxygens (including phenoxy) is 2. The van der Waals surface area contributed by atoms with Gasteiger partial charge < -0.3 is 14.0 Å². The average molecular weight is 291 g/mol. The van der Waals surface area contributed by atoms with Crippen LogP contribution in [0.4, 0.5) is 5.88 Å². The third-order valence-electron chi connectivity index (χ3n) is 3.06. The van der Waals surface area contributed by atoms with Gasteiger partial charge in [0.2, 0.25) is 17.6 Å². The van der Waals surface area contributed by atoms with E-state index in [1.165, 1.54) is 14.2 Å². The molecule has 2 heterocycles. The number of hydrogen-bond donors (Lipinski definition) is 1. The van der Waals surface area contributed by atoms with Gasteiger partial charge in [-0.1, -0.05) is 12.1 Å². The molecule has 0 aliphatic rings. The minimum absolute atomic E-state index is 0.180. The van der Waals surface area contributed by atoms with Gasteiger partial charge in [-0.3, -0.25) is 10.1 Å². The van der Waals surface area contributed by atoms with Gasteiger partial charge in [0.05, 0.1) is 19.9 Å². The SMILES string of the molecule is CCc1noc(NC(=O)c2ccc(OC)nc2OC)c1C. The second-order valence-electron chi connectivity index (χ2n) is 4.30. The maximum atomic E-state index is 12.3. The van der Waals surface area contributed by atoms with Gasteiger partial charge in [0.15, 0.2) is 0 Å². The first-order valence-electron chi connectivity index (χ1n) is 6.46. The van der Waals surface area contributed by atoms with E-state index in [9.17, 15) is 4.79 Å². The molecule has 0 aliphatic carbocycles. The Kier molecular flexibility index (Phi) is 4.42. The highest BCUT2D eigenvalue weighted by atomic mass is 16.5. The lowest BCUT2D eigenvalue weighted by Gasteiger charge is -2.08. The van der Waals surface area contributed by atoms with E-state index in [-0.39, 0.29) is 17.4 Å². The number of pyridine rings is 1. The van der Waals surface area contributed by atoms with Crippen molar-refractivity contribution >= 4 is 11.8 Å². The summed E-state index contributed by atoms with van der Waals surface area (Å²) in [4.78, 5) is 16.3. The number of hydrogen-bond acceptors (Lipinski definition) is 6. The molecule has 0 atom stereocenters. The molecule has 0 saturated heterocycles. The number of nitrogens with one attached hydrogen (secondary N) is 1. The van der Waals surface area contributed by atoms with Crippen molar-refractivity contribution in [2.75, 3.05) is 19.5 Å². The first-order chi connectivity index (χ1) is 10.1. The molecule has 1 N–H and O–H groups in total. The van der Waals surface area contributed by atoms with Gasteiger partial charge in [-0.05, 0) is 19.4 Å². The minimum atomic E-state index is -0.385. The first-order valence-corrected chi connectivity index (χ1v) is 6.46. The molecule has 0 spiro atoms. The molecule has 0 aromatic carbocycles. The Morgan fingerprint density at radius 3 is 2.67 bits per heavy atom. The minimum Gasteiger partial charge on any atom is -0.481 e. The van der Waals surface area contributed by atoms with Gasteiger partial charge in [-0.25, -0.2) is 0 Å². The molecule has 0 unspecified atom stereocenters. The first kappa shape index (κ1) is 14.8. The van der Waals surface area contributed by atoms with E-state index in [4.69, 9.17) is 14.0 Å². The highest BCUT2D eigenvalue weighted by Gasteiger charge is 2.18. The molecule has 0 aliphatic heterocycles. The molecular formula is C14H17N3O4. The van der Waals surface area contributed by atoms with Crippen LogP contribution in [0, 0.1) is 6.92 Å². The summed E-state index contributed by atoms with van der Waals surface area (Å²) in [6.07, 6.45) is 0.735. The van der Waals surface area contributed by atoms with Crippen molar-refractivity contribution in [3.63, 3.8) is 0 Å². The summed E-state index contributed by atoms with van der Waals surface area (Å²) >= 11 is 0. The average Bonchev–Trinajstić information content (AvgIpc) is 2.86. The lowest BCUT2D eigenvalue weighted by atomic mass is 10.2. The summed E-state index contributed by atoms with van der Waals surface area (Å²) in [5.41, 5.74) is 1.91. The number of amides is 1. The maximum absolute atomic E-state index is 12.3. The summed E-state index contributed by atoms with van der Waals surface area (Å²) < 4.78 is 15.2. The highest BCUT2D eigenvalue weighted by Crippen LogP contribution is 2.23. The molecule has 7 nitrogen and oxygen atoms in total. The van der Waals surface area contributed by atoms with Crippen LogP contribution < -0.4 is 14.8 Å². The van der Waals surface area contributed by atoms with E-state index < -0.39 is 0 Å². The normalized spacial score (nSPS) is 10.3. The fraction of sp³-hybridized carbons (Fsp3) is 0.357. The molecule has 0 bridgehead atoms. The Labute approximate surface area is 122 Å². The monoisotopic (exact) mass is 291 g/mol. The molecule has 21 heavy (non-hydrogen) atoms. The smallest absolute Gasteiger partial charge is 0.263 e. The fourth-order valence-electron chi connectivity index (χ4n) is 1.85. The van der Waals surface area contributed by atoms with Crippen molar-refractivity contribution in [2.45, 2.75) is 20.3 Å². The third kappa shape index (κ3) is 2.96. The van der Waals surface area contributed by atoms with Crippen LogP contribution in [0.5, 0.6) is 11.8 Å². The van der Waals surface area contributed by atoms with Crippen LogP contribution in [0.15, 0.2) is 16.7 Å². The van der Waals surface area contributed by atoms with Crippen LogP contribution >= 0.6 is 0 Å². The molecule has 112 valence electrons. The third-order valence-corrected chi connectivity index (χ3v) is 3.06. The molecule has 0 radical (unpaired) electrons. The summed E-state index contributed by atoms with van der Waals surface area (Å²) in [5.74, 6) is 0.492. The molecule has 2 aromatic rings. The fourth-order valence-corrected chi connectivity index (χ4v) is 1.85. The van der Waals surface area contributed by atoms with Gasteiger partial charge in [0.1, 0.15) is 5.56 Å². The summed E-state index contributed by atoms with van der Waals surface area (Å²) in [5, 5.41) is 6.56. The number of methoxy groups -OCH3 is 2. The van der Waals surface area contributed by atoms with Crippen LogP contribution in [-0.4, -0.2) is 30.3 Å². The highest BCUT2D eigenvalue weighted by molar-refractivity contribution is 6.05. The van der Waals surface area contributed by atoms with Gasteiger partial charge in [-0.15, -0.1) is 0 Å². The molecule has 0 fully saturated rings. The summed E-state index contributed by atoms with van der Waals surface area (Å²) in [6.45, 7) is 3.81. The van der Waals surface area contributed by atoms with Crippen molar-refractivity contribution < 1.29 is 18.8 Å². The van der Waals surface area contributed by atoms with Gasteiger partial charge in [0.25, 0.3) is 5.91 Å². The van der Waals surface area contributed by atoms with Crippen LogP contribution in [0.1, 0.15) is 28.5 Å². The molecule has 1 amide bonds. The summed E-state index contributed by atoms with van der Waals surface area (Å²) in [7, 11) is 2.93. The van der Waals surface area contributed by atoms with Crippen LogP contribution in [0.3, 0.4) is 0 Å². The van der Waals surface area contributed by atoms with E-state index in [1.807, 2.05) is 13.8 Å². The van der Waals surface area contributed by atoms with Crippen LogP contribution in [0.2, 0.25) is 0 Å². The summed E-state index contributed by atoms with van der Waals surface area (Å²) in [6, 6.07) is 3.16. The Morgan fingerprint density at radius 1 is 1.33 bits per heavy atom. The van der Waals surface area contributed by atoms with Crippen molar-refractivity contribution in [3.05, 3.63) is 29.0 Å². The van der Waals surface area contributed by atoms with E-state index in [2.05, 4.69) is 15.5 Å². The number of carbonyl (C=O) groups is 1. The van der Waals surface area contributed by atoms with E-state index in [1.54, 1.807) is 12.1 Å². The predicted molar refractivity (Wildman–Crippen MR) is 75.9 cm³/mol. The zero-order valence-corrected chi connectivity index (χ0v) is 12.4. The van der Waals surface area contributed by atoms with Crippen LogP contribution in [0.25, 0.3) is 0 Å². The maximum Gasteiger partial charge on any atom is 0.263 e. The number of rotatable bonds is 5. The Hall–Kier alpha value is -2.57. The van der Waals surface area contributed by atoms with E-state index in [0.29, 0.717) is 11.8 Å². The number of carbonyl (C=O) groups excluding carboxylic acids is 1. The van der Waals surface area contributed by atoms with Crippen molar-refractivity contribution in [1.82, 2.24) is 10.1 Å². The van der Waals surface area contributed by atoms with Gasteiger partial charge in [-0.2, -0.15) is 4.98 Å². The lowest BCUT2D eigenvalue weighted by molar-refractivity contribution is 0.102. The second-order valence-corrected chi connectivity index (χ2v) is 4.30. The van der Waals surface area contributed by atoms with Gasteiger partial charge >= 0.3 is 0 Å². The molecule has 2 rings (SSSR count). The number of nitrogens with zero attached hydrogens (tertiary/aromatic N) is 2. The zero-order valence-electron chi connectivity index (χ0n) is 12.4. The van der Waals surface area contributed by atoms with Crippen LogP contribution in [-0.2, 0) is 6.42 Å². The Morgan fingerprint density at radius 2 is 2.10 bits per heavy atom. The number of anilines is 1. The van der Waals surface area contributed by atoms with Crippen molar-refractivity contribution in [2.24, 2.45) is 0 Å². The van der Waals surface area contributed by atoms with Crippen molar-refractivity contribution in [3.8, 4) is 11.8 Å². The Bertz CT molecular complexity index is 652. The predicted octanol–water partition coefficient (Wildman–Crippen LogP) is 2.21. The van der Waals surface area contributed by atoms with E-state index in [0.717, 1.165) is 17.7 Å². The molecule has 7 heteroatoms. The topological polar surface area (TPSA) is 86.5 Å². The number of aromatic nitrogens is 2. The quantitative estimate of drug-likeness (QED) is 0.908. The Balaban J connectivity index is 2.25. The second kappa shape index (κ2) is 6.25. The van der Waals surface area contributed by atoms with Crippen molar-refractivity contribution in [1.29, 1.82) is 0 Å². The number of aryl methyl sites for hydroxylation is 1. The standard InChI is InChI=1S/C14H17N3O4/c1-5-10-8(2)13(21-17-10)16-12(18)9-6-7-11(19-3)15-14(9)20-4/h6-7H,5H2,1-4H3,(H,16,18). The lowest BCUT2D eigenvalue weighted by Crippen LogP contribution is -2.14. The largest absolute Gasteiger partial charge is 0.481 e. The van der Waals surface area contributed by atoms with E-state index >= 15 is 0 Å². The molecular weight excluding hydrogens is 274 g/mol. The molecule has 2 aromatic heterocycles. The van der Waals surface area contributed by atoms with Gasteiger partial charge in [0, 0.05) is 11.6 Å².